The molecular weight excluding hydrogens is 512 g/mol. The first kappa shape index (κ1) is 25.0. The van der Waals surface area contributed by atoms with Crippen LogP contribution in [0.4, 0.5) is 11.4 Å². The molecular formula is C35H28N2O4. The third-order valence-electron chi connectivity index (χ3n) is 8.39. The van der Waals surface area contributed by atoms with Gasteiger partial charge in [-0.25, -0.2) is 9.69 Å². The van der Waals surface area contributed by atoms with E-state index in [0.717, 1.165) is 27.9 Å². The maximum absolute atomic E-state index is 14.4. The summed E-state index contributed by atoms with van der Waals surface area (Å²) in [7, 11) is 0. The van der Waals surface area contributed by atoms with Crippen molar-refractivity contribution in [2.45, 2.75) is 25.1 Å². The fourth-order valence-electron chi connectivity index (χ4n) is 6.50. The van der Waals surface area contributed by atoms with Crippen LogP contribution in [0.3, 0.4) is 0 Å². The number of rotatable bonds is 5. The molecule has 4 aromatic rings. The summed E-state index contributed by atoms with van der Waals surface area (Å²) in [4.78, 5) is 45.7. The van der Waals surface area contributed by atoms with Crippen molar-refractivity contribution in [3.05, 3.63) is 138 Å². The van der Waals surface area contributed by atoms with Gasteiger partial charge in [-0.3, -0.25) is 9.59 Å². The molecule has 2 fully saturated rings. The molecule has 2 saturated heterocycles. The molecule has 7 rings (SSSR count). The van der Waals surface area contributed by atoms with E-state index in [1.807, 2.05) is 121 Å². The monoisotopic (exact) mass is 540 g/mol. The Labute approximate surface area is 238 Å². The van der Waals surface area contributed by atoms with E-state index in [1.165, 1.54) is 4.90 Å². The maximum atomic E-state index is 14.4. The fraction of sp³-hybridized carbons (Fsp3) is 0.171. The van der Waals surface area contributed by atoms with Gasteiger partial charge in [0.25, 0.3) is 0 Å². The number of esters is 1. The molecule has 3 aliphatic heterocycles. The molecule has 0 spiro atoms. The molecule has 6 heteroatoms. The van der Waals surface area contributed by atoms with E-state index >= 15 is 0 Å². The molecule has 0 saturated carbocycles. The summed E-state index contributed by atoms with van der Waals surface area (Å²) < 4.78 is 6.33. The number of hydrogen-bond donors (Lipinski definition) is 0. The number of carbonyl (C=O) groups is 3. The second-order valence-electron chi connectivity index (χ2n) is 10.8. The first-order valence-corrected chi connectivity index (χ1v) is 13.8. The minimum absolute atomic E-state index is 0.291. The molecule has 4 aromatic carbocycles. The highest BCUT2D eigenvalue weighted by atomic mass is 16.5. The molecule has 41 heavy (non-hydrogen) atoms. The molecule has 0 bridgehead atoms. The van der Waals surface area contributed by atoms with Gasteiger partial charge < -0.3 is 9.64 Å². The summed E-state index contributed by atoms with van der Waals surface area (Å²) in [5.41, 5.74) is 4.94. The Morgan fingerprint density at radius 1 is 0.732 bits per heavy atom. The minimum Gasteiger partial charge on any atom is -0.451 e. The molecule has 0 radical (unpaired) electrons. The van der Waals surface area contributed by atoms with E-state index in [1.54, 1.807) is 12.1 Å². The van der Waals surface area contributed by atoms with Gasteiger partial charge in [-0.1, -0.05) is 109 Å². The van der Waals surface area contributed by atoms with Crippen LogP contribution >= 0.6 is 0 Å². The Morgan fingerprint density at radius 2 is 1.32 bits per heavy atom. The highest BCUT2D eigenvalue weighted by Crippen LogP contribution is 2.49. The van der Waals surface area contributed by atoms with E-state index in [-0.39, 0.29) is 11.8 Å². The van der Waals surface area contributed by atoms with Gasteiger partial charge in [0.05, 0.1) is 23.6 Å². The predicted molar refractivity (Wildman–Crippen MR) is 157 cm³/mol. The standard InChI is InChI=1S/C35H28N2O4/c1-22-16-19-26(20-17-22)36-33(38)29-28-21-18-23-10-8-9-15-27(23)37(28)31(30(29)34(36)39)35(40)41-32(24-11-4-2-5-12-24)25-13-6-3-7-14-25/h2-21,28-32H,1H3. The van der Waals surface area contributed by atoms with Crippen LogP contribution < -0.4 is 9.80 Å². The number of hydrogen-bond acceptors (Lipinski definition) is 5. The van der Waals surface area contributed by atoms with Crippen LogP contribution in [0.2, 0.25) is 0 Å². The van der Waals surface area contributed by atoms with Crippen molar-refractivity contribution < 1.29 is 19.1 Å². The molecule has 3 heterocycles. The zero-order valence-corrected chi connectivity index (χ0v) is 22.5. The number of aryl methyl sites for hydroxylation is 1. The van der Waals surface area contributed by atoms with Gasteiger partial charge in [-0.2, -0.15) is 0 Å². The normalized spacial score (nSPS) is 22.5. The lowest BCUT2D eigenvalue weighted by Crippen LogP contribution is -2.49. The van der Waals surface area contributed by atoms with Crippen molar-refractivity contribution in [3.8, 4) is 0 Å². The Balaban J connectivity index is 1.32. The molecule has 202 valence electrons. The third-order valence-corrected chi connectivity index (χ3v) is 8.39. The van der Waals surface area contributed by atoms with Gasteiger partial charge in [0.2, 0.25) is 11.8 Å². The van der Waals surface area contributed by atoms with Crippen molar-refractivity contribution in [2.75, 3.05) is 9.80 Å². The number of amides is 2. The quantitative estimate of drug-likeness (QED) is 0.239. The Hall–Kier alpha value is -4.97. The van der Waals surface area contributed by atoms with Gasteiger partial charge in [0.1, 0.15) is 6.04 Å². The van der Waals surface area contributed by atoms with Crippen molar-refractivity contribution in [1.29, 1.82) is 0 Å². The summed E-state index contributed by atoms with van der Waals surface area (Å²) in [6.07, 6.45) is 3.26. The van der Waals surface area contributed by atoms with Crippen molar-refractivity contribution in [1.82, 2.24) is 0 Å². The van der Waals surface area contributed by atoms with Crippen molar-refractivity contribution in [2.24, 2.45) is 11.8 Å². The summed E-state index contributed by atoms with van der Waals surface area (Å²) >= 11 is 0. The number of imide groups is 1. The topological polar surface area (TPSA) is 66.9 Å². The van der Waals surface area contributed by atoms with Gasteiger partial charge in [0, 0.05) is 5.69 Å². The van der Waals surface area contributed by atoms with E-state index < -0.39 is 36.0 Å². The molecule has 3 aliphatic rings. The number of fused-ring (bicyclic) bond motifs is 5. The van der Waals surface area contributed by atoms with Crippen LogP contribution in [0.25, 0.3) is 6.08 Å². The summed E-state index contributed by atoms with van der Waals surface area (Å²) in [5, 5.41) is 0. The summed E-state index contributed by atoms with van der Waals surface area (Å²) in [5.74, 6) is -2.79. The van der Waals surface area contributed by atoms with Gasteiger partial charge in [0.15, 0.2) is 6.10 Å². The molecule has 2 amide bonds. The van der Waals surface area contributed by atoms with Crippen LogP contribution in [-0.4, -0.2) is 29.9 Å². The Kier molecular flexibility index (Phi) is 6.04. The van der Waals surface area contributed by atoms with Crippen molar-refractivity contribution in [3.63, 3.8) is 0 Å². The van der Waals surface area contributed by atoms with Gasteiger partial charge in [-0.05, 0) is 41.8 Å². The number of ether oxygens (including phenoxy) is 1. The predicted octanol–water partition coefficient (Wildman–Crippen LogP) is 5.72. The van der Waals surface area contributed by atoms with Gasteiger partial charge in [-0.15, -0.1) is 0 Å². The number of nitrogens with zero attached hydrogens (tertiary/aromatic N) is 2. The molecule has 0 aliphatic carbocycles. The van der Waals surface area contributed by atoms with Crippen LogP contribution in [0.1, 0.15) is 28.4 Å². The summed E-state index contributed by atoms with van der Waals surface area (Å²) in [6, 6.07) is 32.8. The smallest absolute Gasteiger partial charge is 0.330 e. The Bertz CT molecular complexity index is 1630. The van der Waals surface area contributed by atoms with Crippen LogP contribution in [0.15, 0.2) is 115 Å². The second kappa shape index (κ2) is 9.89. The van der Waals surface area contributed by atoms with Crippen LogP contribution in [-0.2, 0) is 19.1 Å². The average molecular weight is 541 g/mol. The highest BCUT2D eigenvalue weighted by Gasteiger charge is 2.65. The lowest BCUT2D eigenvalue weighted by atomic mass is 9.88. The van der Waals surface area contributed by atoms with Gasteiger partial charge >= 0.3 is 5.97 Å². The van der Waals surface area contributed by atoms with E-state index in [2.05, 4.69) is 0 Å². The SMILES string of the molecule is Cc1ccc(N2C(=O)C3C(C2=O)C(C(=O)OC(c2ccccc2)c2ccccc2)N2c4ccccc4C=CC32)cc1. The van der Waals surface area contributed by atoms with E-state index in [0.29, 0.717) is 5.69 Å². The molecule has 0 aromatic heterocycles. The summed E-state index contributed by atoms with van der Waals surface area (Å²) in [6.45, 7) is 1.95. The van der Waals surface area contributed by atoms with E-state index in [9.17, 15) is 14.4 Å². The number of carbonyl (C=O) groups excluding carboxylic acids is 3. The van der Waals surface area contributed by atoms with Crippen molar-refractivity contribution >= 4 is 35.2 Å². The third kappa shape index (κ3) is 4.06. The lowest BCUT2D eigenvalue weighted by molar-refractivity contribution is -0.151. The lowest BCUT2D eigenvalue weighted by Gasteiger charge is -2.36. The fourth-order valence-corrected chi connectivity index (χ4v) is 6.50. The maximum Gasteiger partial charge on any atom is 0.330 e. The molecule has 6 nitrogen and oxygen atoms in total. The average Bonchev–Trinajstić information content (AvgIpc) is 3.49. The highest BCUT2D eigenvalue weighted by molar-refractivity contribution is 6.24. The minimum atomic E-state index is -0.974. The Morgan fingerprint density at radius 3 is 1.98 bits per heavy atom. The van der Waals surface area contributed by atoms with Crippen LogP contribution in [0.5, 0.6) is 0 Å². The number of benzene rings is 4. The second-order valence-corrected chi connectivity index (χ2v) is 10.8. The molecule has 4 unspecified atom stereocenters. The first-order chi connectivity index (χ1) is 20.0. The van der Waals surface area contributed by atoms with E-state index in [4.69, 9.17) is 4.74 Å². The first-order valence-electron chi connectivity index (χ1n) is 13.8. The number of anilines is 2. The zero-order chi connectivity index (χ0) is 28.1. The largest absolute Gasteiger partial charge is 0.451 e. The number of para-hydroxylation sites is 1. The zero-order valence-electron chi connectivity index (χ0n) is 22.5. The molecule has 4 atom stereocenters. The van der Waals surface area contributed by atoms with Crippen LogP contribution in [0, 0.1) is 18.8 Å². The molecule has 0 N–H and O–H groups in total.